The molecule has 0 N–H and O–H groups in total. The molecule has 0 radical (unpaired) electrons. The van der Waals surface area contributed by atoms with E-state index < -0.39 is 5.91 Å². The third-order valence-electron chi connectivity index (χ3n) is 7.11. The summed E-state index contributed by atoms with van der Waals surface area (Å²) in [4.78, 5) is 45.5. The van der Waals surface area contributed by atoms with Crippen LogP contribution in [0.15, 0.2) is 42.5 Å². The number of rotatable bonds is 7. The molecule has 2 fully saturated rings. The Hall–Kier alpha value is -3.19. The summed E-state index contributed by atoms with van der Waals surface area (Å²) in [5.74, 6) is -0.108. The smallest absolute Gasteiger partial charge is 0.266 e. The van der Waals surface area contributed by atoms with E-state index in [9.17, 15) is 14.4 Å². The van der Waals surface area contributed by atoms with Crippen molar-refractivity contribution in [1.29, 1.82) is 0 Å². The maximum atomic E-state index is 13.6. The number of ether oxygens (including phenoxy) is 1. The Bertz CT molecular complexity index is 1100. The van der Waals surface area contributed by atoms with Gasteiger partial charge < -0.3 is 14.5 Å². The second kappa shape index (κ2) is 9.22. The van der Waals surface area contributed by atoms with Crippen LogP contribution in [0.2, 0.25) is 0 Å². The Kier molecular flexibility index (Phi) is 6.13. The molecule has 7 nitrogen and oxygen atoms in total. The Morgan fingerprint density at radius 3 is 2.18 bits per heavy atom. The number of hydrogen-bond acceptors (Lipinski definition) is 5. The fourth-order valence-corrected chi connectivity index (χ4v) is 5.11. The topological polar surface area (TPSA) is 70.2 Å². The molecule has 2 heterocycles. The molecule has 0 aromatic heterocycles. The molecule has 0 atom stereocenters. The van der Waals surface area contributed by atoms with Crippen molar-refractivity contribution in [2.24, 2.45) is 0 Å². The molecule has 0 unspecified atom stereocenters. The van der Waals surface area contributed by atoms with E-state index in [0.717, 1.165) is 45.3 Å². The summed E-state index contributed by atoms with van der Waals surface area (Å²) in [5, 5.41) is 0. The van der Waals surface area contributed by atoms with Crippen molar-refractivity contribution in [3.05, 3.63) is 59.2 Å². The van der Waals surface area contributed by atoms with E-state index in [1.165, 1.54) is 4.90 Å². The predicted molar refractivity (Wildman–Crippen MR) is 130 cm³/mol. The molecule has 5 rings (SSSR count). The van der Waals surface area contributed by atoms with E-state index in [1.54, 1.807) is 42.5 Å². The monoisotopic (exact) mass is 461 g/mol. The number of amides is 3. The minimum atomic E-state index is -0.395. The first-order valence-electron chi connectivity index (χ1n) is 12.3. The number of benzene rings is 2. The molecule has 3 aliphatic rings. The molecule has 2 aromatic rings. The molecule has 7 heteroatoms. The van der Waals surface area contributed by atoms with Gasteiger partial charge in [-0.1, -0.05) is 6.92 Å². The Labute approximate surface area is 200 Å². The van der Waals surface area contributed by atoms with Crippen LogP contribution >= 0.6 is 0 Å². The number of fused-ring (bicyclic) bond motifs is 1. The van der Waals surface area contributed by atoms with Crippen LogP contribution in [0.25, 0.3) is 0 Å². The molecular formula is C27H31N3O4. The van der Waals surface area contributed by atoms with Crippen LogP contribution in [0.4, 0.5) is 5.69 Å². The fourth-order valence-electron chi connectivity index (χ4n) is 5.11. The molecule has 1 aliphatic carbocycles. The van der Waals surface area contributed by atoms with Crippen LogP contribution in [0.3, 0.4) is 0 Å². The Balaban J connectivity index is 1.38. The summed E-state index contributed by atoms with van der Waals surface area (Å²) in [6, 6.07) is 12.4. The van der Waals surface area contributed by atoms with Gasteiger partial charge in [0.05, 0.1) is 23.4 Å². The quantitative estimate of drug-likeness (QED) is 0.584. The highest BCUT2D eigenvalue weighted by Gasteiger charge is 2.41. The molecule has 2 aliphatic heterocycles. The van der Waals surface area contributed by atoms with Gasteiger partial charge in [-0.25, -0.2) is 4.90 Å². The van der Waals surface area contributed by atoms with Crippen molar-refractivity contribution in [3.8, 4) is 5.75 Å². The second-order valence-corrected chi connectivity index (χ2v) is 9.24. The first kappa shape index (κ1) is 22.6. The maximum Gasteiger partial charge on any atom is 0.266 e. The summed E-state index contributed by atoms with van der Waals surface area (Å²) in [6.45, 7) is 7.66. The lowest BCUT2D eigenvalue weighted by Crippen LogP contribution is -2.48. The number of carbonyl (C=O) groups is 3. The largest absolute Gasteiger partial charge is 0.494 e. The predicted octanol–water partition coefficient (Wildman–Crippen LogP) is 3.97. The molecular weight excluding hydrogens is 430 g/mol. The molecule has 1 saturated carbocycles. The standard InChI is InChI=1S/C27H31N3O4/c1-3-28-15-13-21(14-16-28)29(19-6-7-19)25(31)18-5-12-23-24(17-18)27(33)30(26(23)32)20-8-10-22(11-9-20)34-4-2/h5,8-12,17,19,21H,3-4,6-7,13-16H2,1-2H3. The Morgan fingerprint density at radius 2 is 1.56 bits per heavy atom. The maximum absolute atomic E-state index is 13.6. The van der Waals surface area contributed by atoms with E-state index >= 15 is 0 Å². The zero-order valence-corrected chi connectivity index (χ0v) is 19.8. The fraction of sp³-hybridized carbons (Fsp3) is 0.444. The average Bonchev–Trinajstić information content (AvgIpc) is 3.66. The normalized spacial score (nSPS) is 18.8. The van der Waals surface area contributed by atoms with E-state index in [4.69, 9.17) is 4.74 Å². The number of anilines is 1. The summed E-state index contributed by atoms with van der Waals surface area (Å²) >= 11 is 0. The highest BCUT2D eigenvalue weighted by Crippen LogP contribution is 2.35. The number of piperidine rings is 1. The van der Waals surface area contributed by atoms with Gasteiger partial charge in [-0.2, -0.15) is 0 Å². The van der Waals surface area contributed by atoms with Crippen molar-refractivity contribution in [3.63, 3.8) is 0 Å². The number of nitrogens with zero attached hydrogens (tertiary/aromatic N) is 3. The first-order valence-corrected chi connectivity index (χ1v) is 12.3. The second-order valence-electron chi connectivity index (χ2n) is 9.24. The molecule has 0 bridgehead atoms. The van der Waals surface area contributed by atoms with Crippen molar-refractivity contribution in [2.45, 2.75) is 51.6 Å². The van der Waals surface area contributed by atoms with Gasteiger partial charge in [0.1, 0.15) is 5.75 Å². The van der Waals surface area contributed by atoms with Gasteiger partial charge in [0, 0.05) is 30.7 Å². The van der Waals surface area contributed by atoms with E-state index in [0.29, 0.717) is 34.7 Å². The molecule has 2 aromatic carbocycles. The first-order chi connectivity index (χ1) is 16.5. The number of carbonyl (C=O) groups excluding carboxylic acids is 3. The van der Waals surface area contributed by atoms with Crippen molar-refractivity contribution in [1.82, 2.24) is 9.80 Å². The van der Waals surface area contributed by atoms with Crippen LogP contribution in [0, 0.1) is 0 Å². The Morgan fingerprint density at radius 1 is 0.912 bits per heavy atom. The molecule has 0 spiro atoms. The van der Waals surface area contributed by atoms with Gasteiger partial charge >= 0.3 is 0 Å². The van der Waals surface area contributed by atoms with Gasteiger partial charge in [-0.05, 0) is 81.6 Å². The zero-order valence-electron chi connectivity index (χ0n) is 19.8. The molecule has 3 amide bonds. The van der Waals surface area contributed by atoms with Crippen LogP contribution in [-0.2, 0) is 0 Å². The van der Waals surface area contributed by atoms with Crippen LogP contribution in [-0.4, -0.2) is 65.8 Å². The van der Waals surface area contributed by atoms with Gasteiger partial charge in [0.2, 0.25) is 0 Å². The third-order valence-corrected chi connectivity index (χ3v) is 7.11. The lowest BCUT2D eigenvalue weighted by atomic mass is 10.00. The van der Waals surface area contributed by atoms with Crippen LogP contribution < -0.4 is 9.64 Å². The van der Waals surface area contributed by atoms with E-state index in [2.05, 4.69) is 16.7 Å². The lowest BCUT2D eigenvalue weighted by molar-refractivity contribution is 0.0554. The molecule has 34 heavy (non-hydrogen) atoms. The highest BCUT2D eigenvalue weighted by atomic mass is 16.5. The van der Waals surface area contributed by atoms with Crippen LogP contribution in [0.5, 0.6) is 5.75 Å². The van der Waals surface area contributed by atoms with Crippen molar-refractivity contribution < 1.29 is 19.1 Å². The number of likely N-dealkylation sites (tertiary alicyclic amines) is 1. The minimum Gasteiger partial charge on any atom is -0.494 e. The van der Waals surface area contributed by atoms with Gasteiger partial charge in [-0.3, -0.25) is 14.4 Å². The van der Waals surface area contributed by atoms with Gasteiger partial charge in [0.15, 0.2) is 0 Å². The van der Waals surface area contributed by atoms with Crippen LogP contribution in [0.1, 0.15) is 70.6 Å². The SMILES string of the molecule is CCOc1ccc(N2C(=O)c3ccc(C(=O)N(C4CC4)C4CCN(CC)CC4)cc3C2=O)cc1. The van der Waals surface area contributed by atoms with E-state index in [-0.39, 0.29) is 23.9 Å². The highest BCUT2D eigenvalue weighted by molar-refractivity contribution is 6.34. The molecule has 1 saturated heterocycles. The summed E-state index contributed by atoms with van der Waals surface area (Å²) in [6.07, 6.45) is 4.02. The zero-order chi connectivity index (χ0) is 23.8. The summed E-state index contributed by atoms with van der Waals surface area (Å²) in [7, 11) is 0. The number of hydrogen-bond donors (Lipinski definition) is 0. The minimum absolute atomic E-state index is 0.0278. The lowest BCUT2D eigenvalue weighted by Gasteiger charge is -2.38. The van der Waals surface area contributed by atoms with Crippen molar-refractivity contribution in [2.75, 3.05) is 31.1 Å². The van der Waals surface area contributed by atoms with Crippen molar-refractivity contribution >= 4 is 23.4 Å². The third kappa shape index (κ3) is 4.09. The van der Waals surface area contributed by atoms with Gasteiger partial charge in [-0.15, -0.1) is 0 Å². The summed E-state index contributed by atoms with van der Waals surface area (Å²) < 4.78 is 5.46. The molecule has 178 valence electrons. The summed E-state index contributed by atoms with van der Waals surface area (Å²) in [5.41, 5.74) is 1.61. The number of imide groups is 1. The van der Waals surface area contributed by atoms with E-state index in [1.807, 2.05) is 6.92 Å². The van der Waals surface area contributed by atoms with Gasteiger partial charge in [0.25, 0.3) is 17.7 Å². The average molecular weight is 462 g/mol.